The molecule has 1 heterocycles. The summed E-state index contributed by atoms with van der Waals surface area (Å²) in [5.74, 6) is 1.28. The van der Waals surface area contributed by atoms with E-state index in [-0.39, 0.29) is 17.4 Å². The van der Waals surface area contributed by atoms with Gasteiger partial charge in [0, 0.05) is 16.1 Å². The van der Waals surface area contributed by atoms with Crippen LogP contribution in [-0.4, -0.2) is 13.4 Å². The molecule has 0 saturated carbocycles. The zero-order valence-corrected chi connectivity index (χ0v) is 17.2. The van der Waals surface area contributed by atoms with E-state index in [1.54, 1.807) is 42.5 Å². The van der Waals surface area contributed by atoms with E-state index in [0.717, 1.165) is 5.56 Å². The van der Waals surface area contributed by atoms with Gasteiger partial charge in [-0.2, -0.15) is 0 Å². The molecular formula is C22H17ClN2O4S. The molecule has 0 aliphatic rings. The lowest BCUT2D eigenvalue weighted by Crippen LogP contribution is -2.13. The molecule has 8 heteroatoms. The number of aromatic nitrogens is 1. The molecule has 0 fully saturated rings. The predicted octanol–water partition coefficient (Wildman–Crippen LogP) is 4.89. The second kappa shape index (κ2) is 8.31. The zero-order chi connectivity index (χ0) is 21.1. The van der Waals surface area contributed by atoms with E-state index in [2.05, 4.69) is 4.98 Å². The molecule has 4 aromatic rings. The highest BCUT2D eigenvalue weighted by Gasteiger charge is 2.23. The number of nitrogens with two attached hydrogens (primary N) is 1. The van der Waals surface area contributed by atoms with Gasteiger partial charge in [0.1, 0.15) is 11.4 Å². The van der Waals surface area contributed by atoms with Gasteiger partial charge in [0.25, 0.3) is 0 Å². The van der Waals surface area contributed by atoms with Crippen LogP contribution in [0.25, 0.3) is 22.6 Å². The molecule has 0 radical (unpaired) electrons. The fourth-order valence-electron chi connectivity index (χ4n) is 3.01. The summed E-state index contributed by atoms with van der Waals surface area (Å²) in [6.07, 6.45) is 0. The summed E-state index contributed by atoms with van der Waals surface area (Å²) in [7, 11) is -3.96. The van der Waals surface area contributed by atoms with Crippen molar-refractivity contribution in [2.24, 2.45) is 5.14 Å². The van der Waals surface area contributed by atoms with Crippen molar-refractivity contribution in [3.05, 3.63) is 89.8 Å². The van der Waals surface area contributed by atoms with Crippen LogP contribution in [0.4, 0.5) is 0 Å². The van der Waals surface area contributed by atoms with Gasteiger partial charge in [0.05, 0.1) is 4.90 Å². The lowest BCUT2D eigenvalue weighted by molar-refractivity contribution is 0.264. The second-order valence-corrected chi connectivity index (χ2v) is 8.40. The summed E-state index contributed by atoms with van der Waals surface area (Å²) in [5.41, 5.74) is 1.48. The summed E-state index contributed by atoms with van der Waals surface area (Å²) >= 11 is 5.99. The molecule has 3 aromatic carbocycles. The highest BCUT2D eigenvalue weighted by atomic mass is 35.5. The van der Waals surface area contributed by atoms with E-state index in [0.29, 0.717) is 27.8 Å². The maximum absolute atomic E-state index is 12.1. The highest BCUT2D eigenvalue weighted by Crippen LogP contribution is 2.36. The third-order valence-electron chi connectivity index (χ3n) is 4.31. The third-order valence-corrected chi connectivity index (χ3v) is 5.52. The van der Waals surface area contributed by atoms with Crippen molar-refractivity contribution in [1.29, 1.82) is 0 Å². The van der Waals surface area contributed by atoms with E-state index in [9.17, 15) is 8.42 Å². The van der Waals surface area contributed by atoms with E-state index in [1.165, 1.54) is 6.07 Å². The Balaban J connectivity index is 1.78. The van der Waals surface area contributed by atoms with Gasteiger partial charge in [-0.25, -0.2) is 18.5 Å². The molecule has 0 unspecified atom stereocenters. The van der Waals surface area contributed by atoms with Crippen molar-refractivity contribution < 1.29 is 17.6 Å². The molecule has 30 heavy (non-hydrogen) atoms. The van der Waals surface area contributed by atoms with Crippen LogP contribution in [0, 0.1) is 0 Å². The number of rotatable bonds is 6. The first-order valence-corrected chi connectivity index (χ1v) is 10.9. The Kier molecular flexibility index (Phi) is 5.59. The van der Waals surface area contributed by atoms with Crippen molar-refractivity contribution in [2.75, 3.05) is 0 Å². The number of sulfonamides is 1. The van der Waals surface area contributed by atoms with Gasteiger partial charge in [0.15, 0.2) is 12.4 Å². The molecule has 0 amide bonds. The Morgan fingerprint density at radius 3 is 2.43 bits per heavy atom. The lowest BCUT2D eigenvalue weighted by atomic mass is 10.1. The molecule has 4 rings (SSSR count). The third kappa shape index (κ3) is 4.38. The number of halogens is 1. The summed E-state index contributed by atoms with van der Waals surface area (Å²) in [6.45, 7) is 0.0394. The first-order valence-electron chi connectivity index (χ1n) is 8.97. The van der Waals surface area contributed by atoms with Crippen LogP contribution in [0.5, 0.6) is 5.75 Å². The van der Waals surface area contributed by atoms with Crippen molar-refractivity contribution in [3.63, 3.8) is 0 Å². The average molecular weight is 441 g/mol. The van der Waals surface area contributed by atoms with Crippen LogP contribution >= 0.6 is 11.6 Å². The van der Waals surface area contributed by atoms with E-state index in [1.807, 2.05) is 30.3 Å². The largest absolute Gasteiger partial charge is 0.484 e. The van der Waals surface area contributed by atoms with Crippen LogP contribution in [-0.2, 0) is 16.6 Å². The van der Waals surface area contributed by atoms with Crippen molar-refractivity contribution in [2.45, 2.75) is 11.5 Å². The summed E-state index contributed by atoms with van der Waals surface area (Å²) in [6, 6.07) is 22.7. The Hall–Kier alpha value is -3.13. The molecule has 0 saturated heterocycles. The Morgan fingerprint density at radius 1 is 0.967 bits per heavy atom. The molecular weight excluding hydrogens is 424 g/mol. The van der Waals surface area contributed by atoms with Crippen LogP contribution in [0.15, 0.2) is 88.2 Å². The number of hydrogen-bond acceptors (Lipinski definition) is 5. The van der Waals surface area contributed by atoms with Crippen LogP contribution < -0.4 is 9.88 Å². The number of benzene rings is 3. The minimum absolute atomic E-state index is 0.0298. The summed E-state index contributed by atoms with van der Waals surface area (Å²) in [5, 5.41) is 5.96. The topological polar surface area (TPSA) is 95.4 Å². The van der Waals surface area contributed by atoms with Gasteiger partial charge in [-0.3, -0.25) is 0 Å². The molecule has 0 atom stereocenters. The quantitative estimate of drug-likeness (QED) is 0.460. The molecule has 0 spiro atoms. The van der Waals surface area contributed by atoms with E-state index in [4.69, 9.17) is 25.9 Å². The Morgan fingerprint density at radius 2 is 1.70 bits per heavy atom. The minimum atomic E-state index is -3.96. The molecule has 2 N–H and O–H groups in total. The first-order chi connectivity index (χ1) is 14.4. The lowest BCUT2D eigenvalue weighted by Gasteiger charge is -2.06. The SMILES string of the molecule is NS(=O)(=O)c1ccccc1-c1nc(COc2cccc(Cl)c2)oc1-c1ccccc1. The van der Waals surface area contributed by atoms with Gasteiger partial charge in [0.2, 0.25) is 15.9 Å². The van der Waals surface area contributed by atoms with Gasteiger partial charge < -0.3 is 9.15 Å². The maximum Gasteiger partial charge on any atom is 0.238 e. The molecule has 1 aromatic heterocycles. The minimum Gasteiger partial charge on any atom is -0.484 e. The molecule has 6 nitrogen and oxygen atoms in total. The molecule has 0 aliphatic carbocycles. The van der Waals surface area contributed by atoms with Gasteiger partial charge in [-0.15, -0.1) is 0 Å². The Labute approximate surface area is 178 Å². The number of ether oxygens (including phenoxy) is 1. The predicted molar refractivity (Wildman–Crippen MR) is 115 cm³/mol. The fraction of sp³-hybridized carbons (Fsp3) is 0.0455. The summed E-state index contributed by atoms with van der Waals surface area (Å²) < 4.78 is 35.9. The number of primary sulfonamides is 1. The fourth-order valence-corrected chi connectivity index (χ4v) is 3.93. The van der Waals surface area contributed by atoms with E-state index >= 15 is 0 Å². The maximum atomic E-state index is 12.1. The van der Waals surface area contributed by atoms with Crippen molar-refractivity contribution >= 4 is 21.6 Å². The second-order valence-electron chi connectivity index (χ2n) is 6.44. The Bertz CT molecular complexity index is 1290. The number of hydrogen-bond donors (Lipinski definition) is 1. The van der Waals surface area contributed by atoms with Crippen LogP contribution in [0.2, 0.25) is 5.02 Å². The van der Waals surface area contributed by atoms with Crippen LogP contribution in [0.3, 0.4) is 0 Å². The van der Waals surface area contributed by atoms with Gasteiger partial charge in [-0.1, -0.05) is 66.2 Å². The smallest absolute Gasteiger partial charge is 0.238 e. The standard InChI is InChI=1S/C22H17ClN2O4S/c23-16-9-6-10-17(13-16)28-14-20-25-21(22(29-20)15-7-2-1-3-8-15)18-11-4-5-12-19(18)30(24,26)27/h1-13H,14H2,(H2,24,26,27). The van der Waals surface area contributed by atoms with Gasteiger partial charge in [-0.05, 0) is 24.3 Å². The summed E-state index contributed by atoms with van der Waals surface area (Å²) in [4.78, 5) is 4.49. The molecule has 0 aliphatic heterocycles. The highest BCUT2D eigenvalue weighted by molar-refractivity contribution is 7.89. The van der Waals surface area contributed by atoms with Crippen LogP contribution in [0.1, 0.15) is 5.89 Å². The van der Waals surface area contributed by atoms with Gasteiger partial charge >= 0.3 is 0 Å². The number of oxazole rings is 1. The molecule has 152 valence electrons. The normalized spacial score (nSPS) is 11.4. The average Bonchev–Trinajstić information content (AvgIpc) is 3.17. The van der Waals surface area contributed by atoms with Crippen molar-refractivity contribution in [3.8, 4) is 28.3 Å². The monoisotopic (exact) mass is 440 g/mol. The molecule has 0 bridgehead atoms. The van der Waals surface area contributed by atoms with Crippen molar-refractivity contribution in [1.82, 2.24) is 4.98 Å². The van der Waals surface area contributed by atoms with E-state index < -0.39 is 10.0 Å². The zero-order valence-electron chi connectivity index (χ0n) is 15.7. The first kappa shape index (κ1) is 20.2. The number of nitrogens with zero attached hydrogens (tertiary/aromatic N) is 1.